The van der Waals surface area contributed by atoms with E-state index in [1.165, 1.54) is 5.56 Å². The van der Waals surface area contributed by atoms with Crippen molar-refractivity contribution in [3.05, 3.63) is 29.7 Å². The first-order chi connectivity index (χ1) is 9.15. The molecule has 0 fully saturated rings. The van der Waals surface area contributed by atoms with Crippen molar-refractivity contribution in [2.24, 2.45) is 11.7 Å². The molecule has 1 aromatic carbocycles. The third kappa shape index (κ3) is 2.21. The highest BCUT2D eigenvalue weighted by Crippen LogP contribution is 2.30. The average Bonchev–Trinajstić information content (AvgIpc) is 3.05. The summed E-state index contributed by atoms with van der Waals surface area (Å²) in [5, 5.41) is 4.01. The fourth-order valence-corrected chi connectivity index (χ4v) is 2.10. The van der Waals surface area contributed by atoms with Gasteiger partial charge in [0.05, 0.1) is 12.6 Å². The molecular weight excluding hydrogens is 242 g/mol. The topological polar surface area (TPSA) is 74.2 Å². The van der Waals surface area contributed by atoms with Gasteiger partial charge in [-0.15, -0.1) is 0 Å². The van der Waals surface area contributed by atoms with Gasteiger partial charge in [-0.2, -0.15) is 4.98 Å². The molecule has 2 aromatic rings. The molecule has 1 aromatic heterocycles. The van der Waals surface area contributed by atoms with Gasteiger partial charge in [0.15, 0.2) is 0 Å². The summed E-state index contributed by atoms with van der Waals surface area (Å²) in [7, 11) is 0. The van der Waals surface area contributed by atoms with Crippen molar-refractivity contribution < 1.29 is 9.26 Å². The second kappa shape index (κ2) is 4.66. The van der Waals surface area contributed by atoms with Crippen LogP contribution in [-0.4, -0.2) is 16.7 Å². The lowest BCUT2D eigenvalue weighted by atomic mass is 10.1. The molecule has 0 unspecified atom stereocenters. The Hall–Kier alpha value is -1.88. The maximum Gasteiger partial charge on any atom is 0.244 e. The van der Waals surface area contributed by atoms with Crippen molar-refractivity contribution in [2.75, 3.05) is 6.61 Å². The number of ether oxygens (including phenoxy) is 1. The van der Waals surface area contributed by atoms with Crippen LogP contribution in [-0.2, 0) is 6.42 Å². The smallest absolute Gasteiger partial charge is 0.244 e. The minimum absolute atomic E-state index is 0.223. The zero-order valence-electron chi connectivity index (χ0n) is 11.1. The van der Waals surface area contributed by atoms with Gasteiger partial charge in [-0.3, -0.25) is 0 Å². The molecule has 1 aliphatic rings. The molecule has 3 rings (SSSR count). The van der Waals surface area contributed by atoms with Crippen LogP contribution in [0.15, 0.2) is 22.7 Å². The number of hydrogen-bond donors (Lipinski definition) is 1. The Morgan fingerprint density at radius 2 is 2.16 bits per heavy atom. The van der Waals surface area contributed by atoms with Crippen molar-refractivity contribution in [3.8, 4) is 17.1 Å². The molecule has 0 bridgehead atoms. The van der Waals surface area contributed by atoms with Crippen LogP contribution in [0.2, 0.25) is 0 Å². The van der Waals surface area contributed by atoms with E-state index in [4.69, 9.17) is 15.0 Å². The second-order valence-electron chi connectivity index (χ2n) is 5.15. The number of aromatic nitrogens is 2. The lowest BCUT2D eigenvalue weighted by molar-refractivity contribution is 0.325. The van der Waals surface area contributed by atoms with Crippen LogP contribution < -0.4 is 10.5 Å². The largest absolute Gasteiger partial charge is 0.493 e. The van der Waals surface area contributed by atoms with E-state index in [9.17, 15) is 0 Å². The Morgan fingerprint density at radius 1 is 1.32 bits per heavy atom. The average molecular weight is 259 g/mol. The monoisotopic (exact) mass is 259 g/mol. The lowest BCUT2D eigenvalue weighted by Gasteiger charge is -2.09. The maximum absolute atomic E-state index is 6.00. The van der Waals surface area contributed by atoms with Crippen LogP contribution in [0.25, 0.3) is 11.4 Å². The van der Waals surface area contributed by atoms with Gasteiger partial charge >= 0.3 is 0 Å². The highest BCUT2D eigenvalue weighted by molar-refractivity contribution is 5.59. The molecule has 1 aliphatic heterocycles. The Kier molecular flexibility index (Phi) is 2.98. The maximum atomic E-state index is 6.00. The van der Waals surface area contributed by atoms with Gasteiger partial charge in [-0.25, -0.2) is 0 Å². The van der Waals surface area contributed by atoms with Crippen LogP contribution in [0.5, 0.6) is 5.75 Å². The number of hydrogen-bond acceptors (Lipinski definition) is 5. The van der Waals surface area contributed by atoms with Gasteiger partial charge in [0.25, 0.3) is 0 Å². The predicted octanol–water partition coefficient (Wildman–Crippen LogP) is 2.33. The molecule has 100 valence electrons. The summed E-state index contributed by atoms with van der Waals surface area (Å²) in [6.45, 7) is 4.80. The van der Waals surface area contributed by atoms with Crippen LogP contribution in [0, 0.1) is 5.92 Å². The van der Waals surface area contributed by atoms with E-state index >= 15 is 0 Å². The first kappa shape index (κ1) is 12.2. The van der Waals surface area contributed by atoms with E-state index < -0.39 is 0 Å². The van der Waals surface area contributed by atoms with Crippen LogP contribution in [0.4, 0.5) is 0 Å². The zero-order chi connectivity index (χ0) is 13.4. The number of benzene rings is 1. The minimum Gasteiger partial charge on any atom is -0.493 e. The molecule has 0 saturated carbocycles. The van der Waals surface area contributed by atoms with E-state index in [0.717, 1.165) is 24.3 Å². The fourth-order valence-electron chi connectivity index (χ4n) is 2.10. The molecule has 2 N–H and O–H groups in total. The van der Waals surface area contributed by atoms with Gasteiger partial charge in [-0.1, -0.05) is 19.0 Å². The highest BCUT2D eigenvalue weighted by Gasteiger charge is 2.20. The van der Waals surface area contributed by atoms with E-state index in [-0.39, 0.29) is 12.0 Å². The molecule has 1 atom stereocenters. The van der Waals surface area contributed by atoms with Gasteiger partial charge in [0, 0.05) is 12.0 Å². The molecule has 2 heterocycles. The molecule has 0 amide bonds. The molecule has 5 heteroatoms. The summed E-state index contributed by atoms with van der Waals surface area (Å²) in [6.07, 6.45) is 0.930. The van der Waals surface area contributed by atoms with Crippen molar-refractivity contribution in [3.63, 3.8) is 0 Å². The molecule has 0 radical (unpaired) electrons. The number of nitrogens with two attached hydrogens (primary N) is 1. The predicted molar refractivity (Wildman–Crippen MR) is 70.7 cm³/mol. The van der Waals surface area contributed by atoms with E-state index in [0.29, 0.717) is 11.7 Å². The van der Waals surface area contributed by atoms with Gasteiger partial charge in [0.2, 0.25) is 11.7 Å². The third-order valence-corrected chi connectivity index (χ3v) is 3.39. The molecule has 0 spiro atoms. The molecule has 0 aliphatic carbocycles. The van der Waals surface area contributed by atoms with Crippen molar-refractivity contribution in [1.29, 1.82) is 0 Å². The lowest BCUT2D eigenvalue weighted by Crippen LogP contribution is -2.16. The van der Waals surface area contributed by atoms with E-state index in [2.05, 4.69) is 16.2 Å². The number of fused-ring (bicyclic) bond motifs is 1. The van der Waals surface area contributed by atoms with Crippen LogP contribution in [0.1, 0.15) is 31.3 Å². The molecule has 0 saturated heterocycles. The summed E-state index contributed by atoms with van der Waals surface area (Å²) in [5.41, 5.74) is 8.13. The molecule has 19 heavy (non-hydrogen) atoms. The van der Waals surface area contributed by atoms with Crippen LogP contribution >= 0.6 is 0 Å². The van der Waals surface area contributed by atoms with Gasteiger partial charge in [0.1, 0.15) is 5.75 Å². The highest BCUT2D eigenvalue weighted by atomic mass is 16.5. The van der Waals surface area contributed by atoms with Crippen molar-refractivity contribution >= 4 is 0 Å². The van der Waals surface area contributed by atoms with E-state index in [1.54, 1.807) is 0 Å². The van der Waals surface area contributed by atoms with Crippen molar-refractivity contribution in [1.82, 2.24) is 10.1 Å². The Labute approximate surface area is 111 Å². The van der Waals surface area contributed by atoms with Gasteiger partial charge < -0.3 is 15.0 Å². The normalized spacial score (nSPS) is 15.4. The van der Waals surface area contributed by atoms with Crippen molar-refractivity contribution in [2.45, 2.75) is 26.3 Å². The third-order valence-electron chi connectivity index (χ3n) is 3.39. The second-order valence-corrected chi connectivity index (χ2v) is 5.15. The summed E-state index contributed by atoms with van der Waals surface area (Å²) in [4.78, 5) is 4.38. The minimum atomic E-state index is -0.223. The summed E-state index contributed by atoms with van der Waals surface area (Å²) < 4.78 is 10.7. The SMILES string of the molecule is CC(C)[C@H](N)c1nc(-c2ccc3c(c2)CCO3)no1. The fraction of sp³-hybridized carbons (Fsp3) is 0.429. The molecular formula is C14H17N3O2. The van der Waals surface area contributed by atoms with E-state index in [1.807, 2.05) is 26.0 Å². The number of rotatable bonds is 3. The molecule has 5 nitrogen and oxygen atoms in total. The Bertz CT molecular complexity index is 592. The Morgan fingerprint density at radius 3 is 2.95 bits per heavy atom. The van der Waals surface area contributed by atoms with Crippen LogP contribution in [0.3, 0.4) is 0 Å². The zero-order valence-corrected chi connectivity index (χ0v) is 11.1. The summed E-state index contributed by atoms with van der Waals surface area (Å²) in [5.74, 6) is 2.29. The number of nitrogens with zero attached hydrogens (tertiary/aromatic N) is 2. The quantitative estimate of drug-likeness (QED) is 0.915. The summed E-state index contributed by atoms with van der Waals surface area (Å²) >= 11 is 0. The Balaban J connectivity index is 1.90. The summed E-state index contributed by atoms with van der Waals surface area (Å²) in [6, 6.07) is 5.73. The first-order valence-electron chi connectivity index (χ1n) is 6.50. The van der Waals surface area contributed by atoms with Gasteiger partial charge in [-0.05, 0) is 29.7 Å². The standard InChI is InChI=1S/C14H17N3O2/c1-8(2)12(15)14-16-13(17-19-14)10-3-4-11-9(7-10)5-6-18-11/h3-4,7-8,12H,5-6,15H2,1-2H3/t12-/m0/s1. The first-order valence-corrected chi connectivity index (χ1v) is 6.50.